The number of alkyl halides is 3. The van der Waals surface area contributed by atoms with Crippen LogP contribution in [0.15, 0.2) is 18.3 Å². The maximum absolute atomic E-state index is 12.4. The van der Waals surface area contributed by atoms with Gasteiger partial charge < -0.3 is 0 Å². The molecule has 7 heteroatoms. The third-order valence-electron chi connectivity index (χ3n) is 1.62. The zero-order valence-electron chi connectivity index (χ0n) is 6.59. The van der Waals surface area contributed by atoms with Gasteiger partial charge in [0.25, 0.3) is 0 Å². The van der Waals surface area contributed by atoms with Crippen LogP contribution in [0.25, 0.3) is 5.65 Å². The molecule has 0 N–H and O–H groups in total. The van der Waals surface area contributed by atoms with Gasteiger partial charge >= 0.3 is 6.18 Å². The number of hydrogen-bond donors (Lipinski definition) is 0. The summed E-state index contributed by atoms with van der Waals surface area (Å²) in [5.74, 6) is 0. The van der Waals surface area contributed by atoms with Gasteiger partial charge in [0.2, 0.25) is 0 Å². The van der Waals surface area contributed by atoms with E-state index in [1.807, 2.05) is 0 Å². The fourth-order valence-electron chi connectivity index (χ4n) is 1.08. The zero-order chi connectivity index (χ0) is 10.3. The second kappa shape index (κ2) is 2.84. The van der Waals surface area contributed by atoms with Crippen molar-refractivity contribution < 1.29 is 13.2 Å². The lowest BCUT2D eigenvalue weighted by Gasteiger charge is -2.06. The summed E-state index contributed by atoms with van der Waals surface area (Å²) in [6, 6.07) is 2.10. The summed E-state index contributed by atoms with van der Waals surface area (Å²) in [6.45, 7) is 0. The van der Waals surface area contributed by atoms with E-state index < -0.39 is 11.9 Å². The van der Waals surface area contributed by atoms with Gasteiger partial charge in [0.1, 0.15) is 5.69 Å². The highest BCUT2D eigenvalue weighted by Crippen LogP contribution is 2.29. The van der Waals surface area contributed by atoms with Gasteiger partial charge in [-0.1, -0.05) is 11.6 Å². The number of fused-ring (bicyclic) bond motifs is 1. The number of hydrogen-bond acceptors (Lipinski definition) is 2. The predicted octanol–water partition coefficient (Wildman–Crippen LogP) is 2.40. The van der Waals surface area contributed by atoms with Crippen molar-refractivity contribution in [3.8, 4) is 0 Å². The Morgan fingerprint density at radius 3 is 2.71 bits per heavy atom. The van der Waals surface area contributed by atoms with Crippen LogP contribution in [0.2, 0.25) is 5.15 Å². The van der Waals surface area contributed by atoms with Gasteiger partial charge in [0.05, 0.1) is 0 Å². The lowest BCUT2D eigenvalue weighted by Crippen LogP contribution is -2.12. The first-order valence-electron chi connectivity index (χ1n) is 3.56. The monoisotopic (exact) mass is 221 g/mol. The number of nitrogens with zero attached hydrogens (tertiary/aromatic N) is 3. The molecular weight excluding hydrogens is 219 g/mol. The first kappa shape index (κ1) is 9.26. The van der Waals surface area contributed by atoms with E-state index in [9.17, 15) is 13.2 Å². The molecule has 74 valence electrons. The summed E-state index contributed by atoms with van der Waals surface area (Å²) in [6.07, 6.45) is -3.40. The lowest BCUT2D eigenvalue weighted by molar-refractivity contribution is -0.142. The van der Waals surface area contributed by atoms with Crippen LogP contribution in [0.1, 0.15) is 5.69 Å². The standard InChI is InChI=1S/C7H3ClF3N3/c8-5-3-6-12-2-1-4(7(9,10)11)14(6)13-5/h1-3H. The minimum Gasteiger partial charge on any atom is -0.237 e. The molecule has 0 atom stereocenters. The van der Waals surface area contributed by atoms with Gasteiger partial charge in [-0.05, 0) is 6.07 Å². The molecule has 0 aliphatic carbocycles. The Bertz CT molecular complexity index is 476. The quantitative estimate of drug-likeness (QED) is 0.684. The van der Waals surface area contributed by atoms with Gasteiger partial charge in [-0.15, -0.1) is 0 Å². The average Bonchev–Trinajstić information content (AvgIpc) is 2.41. The second-order valence-corrected chi connectivity index (χ2v) is 2.95. The molecule has 0 radical (unpaired) electrons. The topological polar surface area (TPSA) is 30.2 Å². The maximum Gasteiger partial charge on any atom is 0.433 e. The highest BCUT2D eigenvalue weighted by molar-refractivity contribution is 6.29. The van der Waals surface area contributed by atoms with Gasteiger partial charge in [-0.25, -0.2) is 9.50 Å². The van der Waals surface area contributed by atoms with Gasteiger partial charge in [0, 0.05) is 12.3 Å². The Balaban J connectivity index is 2.77. The predicted molar refractivity (Wildman–Crippen MR) is 43.0 cm³/mol. The summed E-state index contributed by atoms with van der Waals surface area (Å²) in [4.78, 5) is 3.69. The van der Waals surface area contributed by atoms with Crippen molar-refractivity contribution in [3.63, 3.8) is 0 Å². The molecule has 2 heterocycles. The molecule has 0 saturated carbocycles. The maximum atomic E-state index is 12.4. The van der Waals surface area contributed by atoms with Crippen LogP contribution < -0.4 is 0 Å². The normalized spacial score (nSPS) is 12.3. The van der Waals surface area contributed by atoms with Crippen molar-refractivity contribution in [1.29, 1.82) is 0 Å². The van der Waals surface area contributed by atoms with E-state index in [1.165, 1.54) is 6.07 Å². The molecule has 3 nitrogen and oxygen atoms in total. The summed E-state index contributed by atoms with van der Waals surface area (Å²) in [5, 5.41) is 3.46. The molecule has 0 spiro atoms. The van der Waals surface area contributed by atoms with Gasteiger partial charge in [-0.2, -0.15) is 18.3 Å². The Morgan fingerprint density at radius 2 is 2.07 bits per heavy atom. The van der Waals surface area contributed by atoms with E-state index in [-0.39, 0.29) is 10.8 Å². The Labute approximate surface area is 81.1 Å². The second-order valence-electron chi connectivity index (χ2n) is 2.56. The van der Waals surface area contributed by atoms with Crippen LogP contribution in [-0.2, 0) is 6.18 Å². The molecule has 0 amide bonds. The van der Waals surface area contributed by atoms with Crippen LogP contribution in [-0.4, -0.2) is 14.6 Å². The first-order valence-corrected chi connectivity index (χ1v) is 3.94. The zero-order valence-corrected chi connectivity index (χ0v) is 7.34. The summed E-state index contributed by atoms with van der Waals surface area (Å²) >= 11 is 5.47. The van der Waals surface area contributed by atoms with Crippen molar-refractivity contribution in [3.05, 3.63) is 29.2 Å². The Morgan fingerprint density at radius 1 is 1.36 bits per heavy atom. The van der Waals surface area contributed by atoms with Crippen molar-refractivity contribution in [1.82, 2.24) is 14.6 Å². The summed E-state index contributed by atoms with van der Waals surface area (Å²) in [7, 11) is 0. The third kappa shape index (κ3) is 1.41. The SMILES string of the molecule is FC(F)(F)c1ccnc2cc(Cl)nn12. The molecule has 2 aromatic heterocycles. The minimum absolute atomic E-state index is 0.0193. The molecule has 0 aromatic carbocycles. The molecule has 14 heavy (non-hydrogen) atoms. The highest BCUT2D eigenvalue weighted by Gasteiger charge is 2.34. The fourth-order valence-corrected chi connectivity index (χ4v) is 1.26. The summed E-state index contributed by atoms with van der Waals surface area (Å²) in [5.41, 5.74) is -0.820. The fraction of sp³-hybridized carbons (Fsp3) is 0.143. The molecule has 0 aliphatic heterocycles. The minimum atomic E-state index is -4.46. The molecule has 2 aromatic rings. The van der Waals surface area contributed by atoms with Crippen molar-refractivity contribution in [2.24, 2.45) is 0 Å². The van der Waals surface area contributed by atoms with E-state index in [1.54, 1.807) is 0 Å². The van der Waals surface area contributed by atoms with Crippen LogP contribution in [0.3, 0.4) is 0 Å². The molecule has 2 rings (SSSR count). The van der Waals surface area contributed by atoms with Crippen LogP contribution in [0.4, 0.5) is 13.2 Å². The van der Waals surface area contributed by atoms with Crippen molar-refractivity contribution in [2.45, 2.75) is 6.18 Å². The highest BCUT2D eigenvalue weighted by atomic mass is 35.5. The van der Waals surface area contributed by atoms with Gasteiger partial charge in [0.15, 0.2) is 10.8 Å². The number of aromatic nitrogens is 3. The van der Waals surface area contributed by atoms with Gasteiger partial charge in [-0.3, -0.25) is 0 Å². The van der Waals surface area contributed by atoms with E-state index in [0.717, 1.165) is 12.3 Å². The van der Waals surface area contributed by atoms with Crippen LogP contribution in [0.5, 0.6) is 0 Å². The molecule has 0 fully saturated rings. The molecular formula is C7H3ClF3N3. The summed E-state index contributed by atoms with van der Waals surface area (Å²) < 4.78 is 37.9. The number of halogens is 4. The molecule has 0 unspecified atom stereocenters. The van der Waals surface area contributed by atoms with Crippen LogP contribution >= 0.6 is 11.6 Å². The van der Waals surface area contributed by atoms with E-state index in [4.69, 9.17) is 11.6 Å². The molecule has 0 saturated heterocycles. The van der Waals surface area contributed by atoms with E-state index in [2.05, 4.69) is 10.1 Å². The van der Waals surface area contributed by atoms with Crippen molar-refractivity contribution >= 4 is 17.2 Å². The third-order valence-corrected chi connectivity index (χ3v) is 1.80. The lowest BCUT2D eigenvalue weighted by atomic mass is 10.4. The first-order chi connectivity index (χ1) is 6.48. The van der Waals surface area contributed by atoms with Crippen molar-refractivity contribution in [2.75, 3.05) is 0 Å². The smallest absolute Gasteiger partial charge is 0.237 e. The van der Waals surface area contributed by atoms with E-state index in [0.29, 0.717) is 4.52 Å². The van der Waals surface area contributed by atoms with Crippen LogP contribution in [0, 0.1) is 0 Å². The molecule has 0 bridgehead atoms. The number of rotatable bonds is 0. The Kier molecular flexibility index (Phi) is 1.88. The van der Waals surface area contributed by atoms with E-state index >= 15 is 0 Å². The molecule has 0 aliphatic rings. The largest absolute Gasteiger partial charge is 0.433 e. The average molecular weight is 222 g/mol. The Hall–Kier alpha value is -1.30.